The minimum Gasteiger partial charge on any atom is -0.484 e. The van der Waals surface area contributed by atoms with Crippen molar-refractivity contribution < 1.29 is 4.74 Å². The molecule has 7 nitrogen and oxygen atoms in total. The first-order chi connectivity index (χ1) is 16.2. The van der Waals surface area contributed by atoms with Gasteiger partial charge in [0.05, 0.1) is 27.7 Å². The summed E-state index contributed by atoms with van der Waals surface area (Å²) in [5, 5.41) is 24.6. The molecule has 0 unspecified atom stereocenters. The molecular weight excluding hydrogens is 456 g/mol. The number of aromatic nitrogens is 5. The lowest BCUT2D eigenvalue weighted by atomic mass is 10.2. The van der Waals surface area contributed by atoms with Crippen LogP contribution in [0.1, 0.15) is 41.7 Å². The highest BCUT2D eigenvalue weighted by Gasteiger charge is 2.30. The fraction of sp³-hybridized carbons (Fsp3) is 0.250. The van der Waals surface area contributed by atoms with Crippen LogP contribution in [0.15, 0.2) is 59.8 Å². The number of halogens is 1. The minimum atomic E-state index is 0.290. The van der Waals surface area contributed by atoms with Gasteiger partial charge < -0.3 is 4.74 Å². The second-order valence-electron chi connectivity index (χ2n) is 7.77. The Kier molecular flexibility index (Phi) is 6.07. The summed E-state index contributed by atoms with van der Waals surface area (Å²) in [4.78, 5) is 0. The zero-order valence-electron chi connectivity index (χ0n) is 18.0. The van der Waals surface area contributed by atoms with Crippen molar-refractivity contribution in [2.24, 2.45) is 0 Å². The molecule has 0 bridgehead atoms. The molecule has 0 spiro atoms. The molecule has 9 heteroatoms. The Morgan fingerprint density at radius 1 is 1.12 bits per heavy atom. The van der Waals surface area contributed by atoms with E-state index in [1.807, 2.05) is 60.1 Å². The van der Waals surface area contributed by atoms with Crippen molar-refractivity contribution >= 4 is 23.4 Å². The highest BCUT2D eigenvalue weighted by molar-refractivity contribution is 7.98. The third kappa shape index (κ3) is 4.47. The molecule has 1 aliphatic carbocycles. The molecule has 2 aromatic heterocycles. The van der Waals surface area contributed by atoms with Crippen LogP contribution in [0, 0.1) is 18.3 Å². The van der Waals surface area contributed by atoms with Gasteiger partial charge in [0.15, 0.2) is 11.0 Å². The molecule has 0 N–H and O–H groups in total. The van der Waals surface area contributed by atoms with Crippen LogP contribution in [0.4, 0.5) is 0 Å². The lowest BCUT2D eigenvalue weighted by molar-refractivity contribution is 0.288. The van der Waals surface area contributed by atoms with E-state index in [1.54, 1.807) is 17.8 Å². The van der Waals surface area contributed by atoms with Crippen molar-refractivity contribution in [1.29, 1.82) is 5.26 Å². The maximum atomic E-state index is 9.74. The molecule has 0 amide bonds. The highest BCUT2D eigenvalue weighted by atomic mass is 35.5. The summed E-state index contributed by atoms with van der Waals surface area (Å²) in [6, 6.07) is 19.9. The molecule has 166 valence electrons. The summed E-state index contributed by atoms with van der Waals surface area (Å²) in [5.74, 6) is 1.95. The second-order valence-corrected chi connectivity index (χ2v) is 9.12. The van der Waals surface area contributed by atoms with Gasteiger partial charge in [-0.3, -0.25) is 4.57 Å². The van der Waals surface area contributed by atoms with Crippen LogP contribution in [-0.2, 0) is 12.4 Å². The van der Waals surface area contributed by atoms with Gasteiger partial charge >= 0.3 is 0 Å². The lowest BCUT2D eigenvalue weighted by Gasteiger charge is -2.11. The maximum Gasteiger partial charge on any atom is 0.191 e. The minimum absolute atomic E-state index is 0.290. The van der Waals surface area contributed by atoms with Crippen molar-refractivity contribution in [2.45, 2.75) is 43.3 Å². The number of benzene rings is 2. The molecule has 1 aliphatic rings. The first-order valence-electron chi connectivity index (χ1n) is 10.6. The third-order valence-electron chi connectivity index (χ3n) is 5.45. The Morgan fingerprint density at radius 3 is 2.61 bits per heavy atom. The number of nitriles is 1. The number of hydrogen-bond acceptors (Lipinski definition) is 6. The summed E-state index contributed by atoms with van der Waals surface area (Å²) in [7, 11) is 0. The van der Waals surface area contributed by atoms with Crippen LogP contribution in [0.5, 0.6) is 5.75 Å². The van der Waals surface area contributed by atoms with Crippen molar-refractivity contribution in [1.82, 2.24) is 24.5 Å². The number of para-hydroxylation sites is 2. The van der Waals surface area contributed by atoms with E-state index in [-0.39, 0.29) is 6.61 Å². The van der Waals surface area contributed by atoms with Crippen LogP contribution in [0.25, 0.3) is 5.69 Å². The molecule has 1 fully saturated rings. The number of thioether (sulfide) groups is 1. The fourth-order valence-electron chi connectivity index (χ4n) is 3.68. The van der Waals surface area contributed by atoms with Crippen molar-refractivity contribution in [3.05, 3.63) is 82.4 Å². The van der Waals surface area contributed by atoms with Gasteiger partial charge in [-0.05, 0) is 44.0 Å². The quantitative estimate of drug-likeness (QED) is 0.312. The van der Waals surface area contributed by atoms with E-state index in [1.165, 1.54) is 0 Å². The zero-order chi connectivity index (χ0) is 22.8. The van der Waals surface area contributed by atoms with E-state index in [2.05, 4.69) is 25.9 Å². The predicted molar refractivity (Wildman–Crippen MR) is 127 cm³/mol. The Morgan fingerprint density at radius 2 is 1.88 bits per heavy atom. The monoisotopic (exact) mass is 476 g/mol. The molecule has 2 aromatic carbocycles. The Bertz CT molecular complexity index is 1320. The first kappa shape index (κ1) is 21.6. The molecule has 0 saturated heterocycles. The average molecular weight is 477 g/mol. The second kappa shape index (κ2) is 9.30. The normalized spacial score (nSPS) is 13.1. The van der Waals surface area contributed by atoms with Crippen molar-refractivity contribution in [3.8, 4) is 17.5 Å². The van der Waals surface area contributed by atoms with E-state index in [0.29, 0.717) is 28.1 Å². The number of rotatable bonds is 8. The van der Waals surface area contributed by atoms with Gasteiger partial charge in [-0.1, -0.05) is 53.7 Å². The molecule has 33 heavy (non-hydrogen) atoms. The summed E-state index contributed by atoms with van der Waals surface area (Å²) < 4.78 is 9.92. The van der Waals surface area contributed by atoms with E-state index in [4.69, 9.17) is 16.3 Å². The lowest BCUT2D eigenvalue weighted by Crippen LogP contribution is -2.07. The topological polar surface area (TPSA) is 81.5 Å². The summed E-state index contributed by atoms with van der Waals surface area (Å²) in [5.41, 5.74) is 3.10. The van der Waals surface area contributed by atoms with E-state index < -0.39 is 0 Å². The predicted octanol–water partition coefficient (Wildman–Crippen LogP) is 5.50. The SMILES string of the molecule is Cc1nn(-c2ccccc2)c(CSc2nnc(COc3ccccc3Cl)n2C2CC2)c1C#N. The van der Waals surface area contributed by atoms with Crippen LogP contribution < -0.4 is 4.74 Å². The molecule has 0 atom stereocenters. The van der Waals surface area contributed by atoms with Gasteiger partial charge in [-0.2, -0.15) is 10.4 Å². The molecule has 2 heterocycles. The molecule has 4 aromatic rings. The third-order valence-corrected chi connectivity index (χ3v) is 6.71. The molecule has 0 aliphatic heterocycles. The standard InChI is InChI=1S/C24H21ClN6OS/c1-16-19(13-26)21(31(29-16)18-7-3-2-4-8-18)15-33-24-28-27-23(30(24)17-11-12-17)14-32-22-10-6-5-9-20(22)25/h2-10,17H,11-12,14-15H2,1H3. The van der Waals surface area contributed by atoms with Gasteiger partial charge in [-0.25, -0.2) is 4.68 Å². The van der Waals surface area contributed by atoms with E-state index in [0.717, 1.165) is 40.9 Å². The van der Waals surface area contributed by atoms with Gasteiger partial charge in [0.2, 0.25) is 0 Å². The Balaban J connectivity index is 1.39. The van der Waals surface area contributed by atoms with Crippen LogP contribution in [-0.4, -0.2) is 24.5 Å². The highest BCUT2D eigenvalue weighted by Crippen LogP contribution is 2.40. The largest absolute Gasteiger partial charge is 0.484 e. The maximum absolute atomic E-state index is 9.74. The van der Waals surface area contributed by atoms with E-state index in [9.17, 15) is 5.26 Å². The molecular formula is C24H21ClN6OS. The van der Waals surface area contributed by atoms with E-state index >= 15 is 0 Å². The summed E-state index contributed by atoms with van der Waals surface area (Å²) in [6.45, 7) is 2.15. The van der Waals surface area contributed by atoms with Crippen molar-refractivity contribution in [3.63, 3.8) is 0 Å². The number of ether oxygens (including phenoxy) is 1. The average Bonchev–Trinajstić information content (AvgIpc) is 3.51. The van der Waals surface area contributed by atoms with Gasteiger partial charge in [-0.15, -0.1) is 10.2 Å². The van der Waals surface area contributed by atoms with Crippen LogP contribution in [0.2, 0.25) is 5.02 Å². The Hall–Kier alpha value is -3.28. The van der Waals surface area contributed by atoms with Crippen LogP contribution >= 0.6 is 23.4 Å². The summed E-state index contributed by atoms with van der Waals surface area (Å²) in [6.07, 6.45) is 2.18. The number of nitrogens with zero attached hydrogens (tertiary/aromatic N) is 6. The number of hydrogen-bond donors (Lipinski definition) is 0. The molecule has 5 rings (SSSR count). The van der Waals surface area contributed by atoms with Gasteiger partial charge in [0.1, 0.15) is 18.4 Å². The Labute approximate surface area is 201 Å². The molecule has 0 radical (unpaired) electrons. The zero-order valence-corrected chi connectivity index (χ0v) is 19.6. The molecule has 1 saturated carbocycles. The first-order valence-corrected chi connectivity index (χ1v) is 12.0. The number of aryl methyl sites for hydroxylation is 1. The van der Waals surface area contributed by atoms with Crippen LogP contribution in [0.3, 0.4) is 0 Å². The van der Waals surface area contributed by atoms with Gasteiger partial charge in [0.25, 0.3) is 0 Å². The van der Waals surface area contributed by atoms with Gasteiger partial charge in [0, 0.05) is 11.8 Å². The van der Waals surface area contributed by atoms with Crippen molar-refractivity contribution in [2.75, 3.05) is 0 Å². The fourth-order valence-corrected chi connectivity index (χ4v) is 4.89. The smallest absolute Gasteiger partial charge is 0.191 e. The summed E-state index contributed by atoms with van der Waals surface area (Å²) >= 11 is 7.78.